The van der Waals surface area contributed by atoms with E-state index in [1.54, 1.807) is 37.1 Å². The van der Waals surface area contributed by atoms with Crippen LogP contribution in [0.1, 0.15) is 7.43 Å². The van der Waals surface area contributed by atoms with Crippen molar-refractivity contribution in [1.29, 1.82) is 0 Å². The van der Waals surface area contributed by atoms with Gasteiger partial charge in [-0.15, -0.1) is 0 Å². The molecule has 0 fully saturated rings. The van der Waals surface area contributed by atoms with Crippen molar-refractivity contribution >= 4 is 33.2 Å². The maximum Gasteiger partial charge on any atom is 0.197 e. The summed E-state index contributed by atoms with van der Waals surface area (Å²) < 4.78 is 5.98. The maximum absolute atomic E-state index is 5.98. The van der Waals surface area contributed by atoms with Crippen molar-refractivity contribution < 1.29 is 4.42 Å². The predicted octanol–water partition coefficient (Wildman–Crippen LogP) is 4.54. The number of H-pyrrole nitrogens is 1. The second-order valence-corrected chi connectivity index (χ2v) is 5.51. The lowest BCUT2D eigenvalue weighted by Gasteiger charge is -2.08. The molecule has 0 radical (unpaired) electrons. The summed E-state index contributed by atoms with van der Waals surface area (Å²) in [5.74, 6) is 1.09. The van der Waals surface area contributed by atoms with Gasteiger partial charge < -0.3 is 9.73 Å². The Bertz CT molecular complexity index is 1180. The van der Waals surface area contributed by atoms with E-state index < -0.39 is 0 Å². The Labute approximate surface area is 149 Å². The van der Waals surface area contributed by atoms with Crippen LogP contribution in [0.25, 0.3) is 33.5 Å². The highest BCUT2D eigenvalue weighted by atomic mass is 16.3. The van der Waals surface area contributed by atoms with Gasteiger partial charge in [0.1, 0.15) is 0 Å². The van der Waals surface area contributed by atoms with Crippen LogP contribution in [0, 0.1) is 0 Å². The molecule has 0 spiro atoms. The normalized spacial score (nSPS) is 10.8. The van der Waals surface area contributed by atoms with Crippen molar-refractivity contribution in [3.05, 3.63) is 61.3 Å². The van der Waals surface area contributed by atoms with Gasteiger partial charge in [-0.25, -0.2) is 9.97 Å². The molecule has 5 rings (SSSR count). The Morgan fingerprint density at radius 3 is 2.69 bits per heavy atom. The van der Waals surface area contributed by atoms with E-state index >= 15 is 0 Å². The number of anilines is 2. The molecule has 5 aromatic rings. The quantitative estimate of drug-likeness (QED) is 0.499. The van der Waals surface area contributed by atoms with Crippen LogP contribution in [0.15, 0.2) is 65.7 Å². The number of nitrogens with zero attached hydrogens (tertiary/aromatic N) is 4. The minimum Gasteiger partial charge on any atom is -0.449 e. The van der Waals surface area contributed by atoms with Crippen molar-refractivity contribution in [2.45, 2.75) is 7.43 Å². The maximum atomic E-state index is 5.98. The molecular formula is C19H16N6O. The Morgan fingerprint density at radius 2 is 1.81 bits per heavy atom. The van der Waals surface area contributed by atoms with Gasteiger partial charge in [0.25, 0.3) is 0 Å². The number of aromatic nitrogens is 5. The molecule has 0 amide bonds. The molecule has 0 unspecified atom stereocenters. The smallest absolute Gasteiger partial charge is 0.197 e. The zero-order valence-electron chi connectivity index (χ0n) is 13.0. The summed E-state index contributed by atoms with van der Waals surface area (Å²) in [6.07, 6.45) is 8.59. The summed E-state index contributed by atoms with van der Waals surface area (Å²) in [6, 6.07) is 9.61. The third-order valence-electron chi connectivity index (χ3n) is 4.01. The monoisotopic (exact) mass is 344 g/mol. The zero-order chi connectivity index (χ0) is 16.6. The third-order valence-corrected chi connectivity index (χ3v) is 4.01. The van der Waals surface area contributed by atoms with Crippen LogP contribution < -0.4 is 5.32 Å². The highest BCUT2D eigenvalue weighted by Crippen LogP contribution is 2.38. The molecule has 26 heavy (non-hydrogen) atoms. The fraction of sp³-hybridized carbons (Fsp3) is 0.0526. The van der Waals surface area contributed by atoms with Crippen LogP contribution in [-0.2, 0) is 0 Å². The Hall–Kier alpha value is -3.74. The number of furan rings is 1. The molecule has 4 aromatic heterocycles. The van der Waals surface area contributed by atoms with E-state index in [0.29, 0.717) is 17.2 Å². The standard InChI is InChI=1S/C18H12N6O.CH4/c1-3-13(12-9-22-24-14(12)4-1)23-16-11-5-8-19-10-15(11)25-17(16)18-20-6-2-7-21-18;/h1-10,23H,(H,22,24);1H4. The summed E-state index contributed by atoms with van der Waals surface area (Å²) in [5, 5.41) is 12.5. The second kappa shape index (κ2) is 6.29. The van der Waals surface area contributed by atoms with E-state index in [4.69, 9.17) is 4.42 Å². The van der Waals surface area contributed by atoms with Gasteiger partial charge in [-0.1, -0.05) is 13.5 Å². The van der Waals surface area contributed by atoms with Crippen LogP contribution in [0.3, 0.4) is 0 Å². The number of pyridine rings is 1. The molecule has 0 saturated heterocycles. The summed E-state index contributed by atoms with van der Waals surface area (Å²) in [7, 11) is 0. The lowest BCUT2D eigenvalue weighted by Crippen LogP contribution is -1.94. The van der Waals surface area contributed by atoms with Gasteiger partial charge in [0.15, 0.2) is 17.2 Å². The molecule has 0 atom stereocenters. The fourth-order valence-electron chi connectivity index (χ4n) is 2.86. The molecule has 128 valence electrons. The van der Waals surface area contributed by atoms with Crippen molar-refractivity contribution in [1.82, 2.24) is 25.1 Å². The lowest BCUT2D eigenvalue weighted by atomic mass is 10.2. The first kappa shape index (κ1) is 15.8. The summed E-state index contributed by atoms with van der Waals surface area (Å²) >= 11 is 0. The Balaban J connectivity index is 0.00000168. The lowest BCUT2D eigenvalue weighted by molar-refractivity contribution is 0.624. The van der Waals surface area contributed by atoms with Gasteiger partial charge in [-0.2, -0.15) is 5.10 Å². The molecule has 2 N–H and O–H groups in total. The van der Waals surface area contributed by atoms with Crippen LogP contribution in [0.5, 0.6) is 0 Å². The van der Waals surface area contributed by atoms with Crippen molar-refractivity contribution in [2.75, 3.05) is 5.32 Å². The first-order valence-electron chi connectivity index (χ1n) is 7.73. The average Bonchev–Trinajstić information content (AvgIpc) is 3.28. The van der Waals surface area contributed by atoms with E-state index in [-0.39, 0.29) is 7.43 Å². The highest BCUT2D eigenvalue weighted by molar-refractivity contribution is 6.02. The first-order chi connectivity index (χ1) is 12.4. The Kier molecular flexibility index (Phi) is 3.81. The first-order valence-corrected chi connectivity index (χ1v) is 7.73. The van der Waals surface area contributed by atoms with Gasteiger partial charge in [-0.3, -0.25) is 10.1 Å². The Morgan fingerprint density at radius 1 is 0.923 bits per heavy atom. The van der Waals surface area contributed by atoms with Gasteiger partial charge in [0.2, 0.25) is 0 Å². The van der Waals surface area contributed by atoms with Crippen LogP contribution in [0.4, 0.5) is 11.4 Å². The molecule has 1 aromatic carbocycles. The van der Waals surface area contributed by atoms with E-state index in [1.165, 1.54) is 0 Å². The number of hydrogen-bond donors (Lipinski definition) is 2. The topological polar surface area (TPSA) is 92.5 Å². The number of fused-ring (bicyclic) bond motifs is 2. The molecular weight excluding hydrogens is 328 g/mol. The van der Waals surface area contributed by atoms with Crippen LogP contribution in [-0.4, -0.2) is 25.1 Å². The number of rotatable bonds is 3. The van der Waals surface area contributed by atoms with E-state index in [1.807, 2.05) is 24.3 Å². The minimum atomic E-state index is 0. The summed E-state index contributed by atoms with van der Waals surface area (Å²) in [6.45, 7) is 0. The molecule has 0 saturated carbocycles. The molecule has 7 heteroatoms. The highest BCUT2D eigenvalue weighted by Gasteiger charge is 2.19. The zero-order valence-corrected chi connectivity index (χ0v) is 13.0. The van der Waals surface area contributed by atoms with E-state index in [2.05, 4.69) is 30.5 Å². The molecule has 0 aliphatic carbocycles. The molecule has 0 aliphatic rings. The van der Waals surface area contributed by atoms with Crippen molar-refractivity contribution in [2.24, 2.45) is 0 Å². The number of benzene rings is 1. The number of nitrogens with one attached hydrogen (secondary N) is 2. The van der Waals surface area contributed by atoms with Gasteiger partial charge in [0.05, 0.1) is 23.6 Å². The third kappa shape index (κ3) is 2.46. The van der Waals surface area contributed by atoms with Gasteiger partial charge in [0, 0.05) is 35.1 Å². The molecule has 4 heterocycles. The van der Waals surface area contributed by atoms with Gasteiger partial charge >= 0.3 is 0 Å². The number of aromatic amines is 1. The van der Waals surface area contributed by atoms with Gasteiger partial charge in [-0.05, 0) is 24.3 Å². The van der Waals surface area contributed by atoms with Crippen molar-refractivity contribution in [3.8, 4) is 11.6 Å². The molecule has 0 aliphatic heterocycles. The van der Waals surface area contributed by atoms with Crippen LogP contribution >= 0.6 is 0 Å². The van der Waals surface area contributed by atoms with Crippen LogP contribution in [0.2, 0.25) is 0 Å². The molecule has 0 bridgehead atoms. The largest absolute Gasteiger partial charge is 0.449 e. The van der Waals surface area contributed by atoms with E-state index in [0.717, 1.165) is 27.7 Å². The average molecular weight is 344 g/mol. The SMILES string of the molecule is C.c1cnc(-c2oc3cnccc3c2Nc2cccc3[nH]ncc23)nc1. The summed E-state index contributed by atoms with van der Waals surface area (Å²) in [5.41, 5.74) is 3.35. The minimum absolute atomic E-state index is 0. The fourth-order valence-corrected chi connectivity index (χ4v) is 2.86. The second-order valence-electron chi connectivity index (χ2n) is 5.51. The number of hydrogen-bond acceptors (Lipinski definition) is 6. The van der Waals surface area contributed by atoms with Crippen molar-refractivity contribution in [3.63, 3.8) is 0 Å². The summed E-state index contributed by atoms with van der Waals surface area (Å²) in [4.78, 5) is 12.8. The predicted molar refractivity (Wildman–Crippen MR) is 101 cm³/mol. The van der Waals surface area contributed by atoms with E-state index in [9.17, 15) is 0 Å². The molecule has 7 nitrogen and oxygen atoms in total.